The van der Waals surface area contributed by atoms with Gasteiger partial charge in [0.2, 0.25) is 6.79 Å². The van der Waals surface area contributed by atoms with Gasteiger partial charge >= 0.3 is 0 Å². The standard InChI is InChI=1S/C24H18ClN3O4/c25-19-13-22-21(31-15-32-22)12-18(19)14-26-28-24(30)20(11-16-7-3-1-4-8-16)27-23(29)17-9-5-2-6-10-17/h1-14H,15H2,(H,27,29)(H,28,30)/b20-11+,26-14?. The Morgan fingerprint density at radius 2 is 1.59 bits per heavy atom. The first-order valence-electron chi connectivity index (χ1n) is 9.66. The van der Waals surface area contributed by atoms with Gasteiger partial charge in [0.15, 0.2) is 11.5 Å². The van der Waals surface area contributed by atoms with Crippen LogP contribution >= 0.6 is 11.6 Å². The van der Waals surface area contributed by atoms with E-state index in [9.17, 15) is 9.59 Å². The van der Waals surface area contributed by atoms with Crippen molar-refractivity contribution >= 4 is 35.7 Å². The molecule has 7 nitrogen and oxygen atoms in total. The summed E-state index contributed by atoms with van der Waals surface area (Å²) in [6, 6.07) is 21.1. The molecule has 1 heterocycles. The zero-order valence-electron chi connectivity index (χ0n) is 16.7. The Balaban J connectivity index is 1.52. The number of carbonyl (C=O) groups excluding carboxylic acids is 2. The molecule has 0 saturated heterocycles. The van der Waals surface area contributed by atoms with Crippen LogP contribution in [0.3, 0.4) is 0 Å². The number of fused-ring (bicyclic) bond motifs is 1. The number of hydrazone groups is 1. The number of nitrogens with one attached hydrogen (secondary N) is 2. The second-order valence-electron chi connectivity index (χ2n) is 6.71. The van der Waals surface area contributed by atoms with E-state index in [1.165, 1.54) is 6.21 Å². The van der Waals surface area contributed by atoms with E-state index < -0.39 is 11.8 Å². The van der Waals surface area contributed by atoms with Gasteiger partial charge < -0.3 is 14.8 Å². The van der Waals surface area contributed by atoms with Crippen LogP contribution in [-0.2, 0) is 4.79 Å². The van der Waals surface area contributed by atoms with Gasteiger partial charge in [-0.25, -0.2) is 5.43 Å². The number of carbonyl (C=O) groups is 2. The summed E-state index contributed by atoms with van der Waals surface area (Å²) in [6.07, 6.45) is 2.96. The van der Waals surface area contributed by atoms with Crippen LogP contribution in [0, 0.1) is 0 Å². The fourth-order valence-electron chi connectivity index (χ4n) is 2.91. The van der Waals surface area contributed by atoms with Crippen molar-refractivity contribution in [1.82, 2.24) is 10.7 Å². The zero-order valence-corrected chi connectivity index (χ0v) is 17.5. The second kappa shape index (κ2) is 9.80. The second-order valence-corrected chi connectivity index (χ2v) is 7.12. The van der Waals surface area contributed by atoms with Crippen molar-refractivity contribution in [3.05, 3.63) is 100 Å². The predicted octanol–water partition coefficient (Wildman–Crippen LogP) is 3.99. The van der Waals surface area contributed by atoms with Gasteiger partial charge in [0.05, 0.1) is 11.2 Å². The van der Waals surface area contributed by atoms with Gasteiger partial charge in [-0.2, -0.15) is 5.10 Å². The third-order valence-corrected chi connectivity index (χ3v) is 4.83. The number of halogens is 1. The van der Waals surface area contributed by atoms with Gasteiger partial charge in [0.25, 0.3) is 11.8 Å². The molecule has 3 aromatic rings. The molecule has 1 aliphatic heterocycles. The highest BCUT2D eigenvalue weighted by Gasteiger charge is 2.17. The highest BCUT2D eigenvalue weighted by atomic mass is 35.5. The van der Waals surface area contributed by atoms with Crippen LogP contribution < -0.4 is 20.2 Å². The van der Waals surface area contributed by atoms with E-state index >= 15 is 0 Å². The minimum absolute atomic E-state index is 0.0407. The summed E-state index contributed by atoms with van der Waals surface area (Å²) in [6.45, 7) is 0.123. The number of hydrogen-bond donors (Lipinski definition) is 2. The topological polar surface area (TPSA) is 89.0 Å². The van der Waals surface area contributed by atoms with Crippen LogP contribution in [0.1, 0.15) is 21.5 Å². The van der Waals surface area contributed by atoms with E-state index in [2.05, 4.69) is 15.8 Å². The molecular weight excluding hydrogens is 430 g/mol. The summed E-state index contributed by atoms with van der Waals surface area (Å²) in [5.74, 6) is 0.0897. The lowest BCUT2D eigenvalue weighted by atomic mass is 10.1. The van der Waals surface area contributed by atoms with Crippen molar-refractivity contribution in [2.24, 2.45) is 5.10 Å². The molecule has 0 unspecified atom stereocenters. The maximum Gasteiger partial charge on any atom is 0.287 e. The van der Waals surface area contributed by atoms with Gasteiger partial charge in [0, 0.05) is 17.2 Å². The molecule has 0 fully saturated rings. The molecule has 0 radical (unpaired) electrons. The Labute approximate surface area is 189 Å². The number of rotatable bonds is 6. The number of ether oxygens (including phenoxy) is 2. The van der Waals surface area contributed by atoms with Gasteiger partial charge in [-0.3, -0.25) is 9.59 Å². The monoisotopic (exact) mass is 447 g/mol. The molecular formula is C24H18ClN3O4. The van der Waals surface area contributed by atoms with Crippen LogP contribution in [0.5, 0.6) is 11.5 Å². The quantitative estimate of drug-likeness (QED) is 0.339. The first kappa shape index (κ1) is 21.1. The molecule has 2 amide bonds. The van der Waals surface area contributed by atoms with Crippen LogP contribution in [0.15, 0.2) is 83.6 Å². The lowest BCUT2D eigenvalue weighted by molar-refractivity contribution is -0.117. The average molecular weight is 448 g/mol. The molecule has 3 aromatic carbocycles. The maximum atomic E-state index is 12.8. The molecule has 160 valence electrons. The fourth-order valence-corrected chi connectivity index (χ4v) is 3.11. The van der Waals surface area contributed by atoms with E-state index in [1.807, 2.05) is 30.3 Å². The smallest absolute Gasteiger partial charge is 0.287 e. The summed E-state index contributed by atoms with van der Waals surface area (Å²) in [4.78, 5) is 25.4. The van der Waals surface area contributed by atoms with Crippen molar-refractivity contribution in [1.29, 1.82) is 0 Å². The summed E-state index contributed by atoms with van der Waals surface area (Å²) >= 11 is 6.22. The molecule has 4 rings (SSSR count). The third kappa shape index (κ3) is 5.14. The largest absolute Gasteiger partial charge is 0.454 e. The maximum absolute atomic E-state index is 12.8. The van der Waals surface area contributed by atoms with Crippen molar-refractivity contribution < 1.29 is 19.1 Å². The number of nitrogens with zero attached hydrogens (tertiary/aromatic N) is 1. The molecule has 8 heteroatoms. The highest BCUT2D eigenvalue weighted by molar-refractivity contribution is 6.33. The van der Waals surface area contributed by atoms with Gasteiger partial charge in [-0.1, -0.05) is 60.1 Å². The highest BCUT2D eigenvalue weighted by Crippen LogP contribution is 2.36. The number of hydrogen-bond acceptors (Lipinski definition) is 5. The first-order chi connectivity index (χ1) is 15.6. The lowest BCUT2D eigenvalue weighted by Gasteiger charge is -2.09. The Morgan fingerprint density at radius 1 is 0.938 bits per heavy atom. The van der Waals surface area contributed by atoms with Crippen molar-refractivity contribution in [2.75, 3.05) is 6.79 Å². The summed E-state index contributed by atoms with van der Waals surface area (Å²) in [5.41, 5.74) is 4.17. The Morgan fingerprint density at radius 3 is 2.31 bits per heavy atom. The summed E-state index contributed by atoms with van der Waals surface area (Å²) in [7, 11) is 0. The predicted molar refractivity (Wildman–Crippen MR) is 122 cm³/mol. The summed E-state index contributed by atoms with van der Waals surface area (Å²) < 4.78 is 10.6. The molecule has 0 aliphatic carbocycles. The first-order valence-corrected chi connectivity index (χ1v) is 10.0. The Hall–Kier alpha value is -4.10. The normalized spacial score (nSPS) is 12.6. The fraction of sp³-hybridized carbons (Fsp3) is 0.0417. The van der Waals surface area contributed by atoms with Crippen LogP contribution in [0.4, 0.5) is 0 Å². The van der Waals surface area contributed by atoms with Gasteiger partial charge in [-0.05, 0) is 29.8 Å². The van der Waals surface area contributed by atoms with E-state index in [0.29, 0.717) is 27.6 Å². The van der Waals surface area contributed by atoms with Crippen LogP contribution in [-0.4, -0.2) is 24.8 Å². The average Bonchev–Trinajstić information content (AvgIpc) is 3.27. The van der Waals surface area contributed by atoms with Crippen LogP contribution in [0.25, 0.3) is 6.08 Å². The molecule has 0 aromatic heterocycles. The van der Waals surface area contributed by atoms with Gasteiger partial charge in [0.1, 0.15) is 5.70 Å². The third-order valence-electron chi connectivity index (χ3n) is 4.50. The number of amides is 2. The van der Waals surface area contributed by atoms with Crippen molar-refractivity contribution in [2.45, 2.75) is 0 Å². The van der Waals surface area contributed by atoms with Crippen molar-refractivity contribution in [3.63, 3.8) is 0 Å². The summed E-state index contributed by atoms with van der Waals surface area (Å²) in [5, 5.41) is 7.02. The molecule has 0 spiro atoms. The molecule has 0 bridgehead atoms. The van der Waals surface area contributed by atoms with E-state index in [4.69, 9.17) is 21.1 Å². The molecule has 0 atom stereocenters. The minimum Gasteiger partial charge on any atom is -0.454 e. The Kier molecular flexibility index (Phi) is 6.48. The van der Waals surface area contributed by atoms with E-state index in [0.717, 1.165) is 5.56 Å². The van der Waals surface area contributed by atoms with E-state index in [1.54, 1.807) is 48.5 Å². The molecule has 0 saturated carbocycles. The molecule has 1 aliphatic rings. The number of benzene rings is 3. The lowest BCUT2D eigenvalue weighted by Crippen LogP contribution is -2.32. The zero-order chi connectivity index (χ0) is 22.3. The molecule has 32 heavy (non-hydrogen) atoms. The Bertz CT molecular complexity index is 1190. The minimum atomic E-state index is -0.591. The van der Waals surface area contributed by atoms with Crippen LogP contribution in [0.2, 0.25) is 5.02 Å². The van der Waals surface area contributed by atoms with Gasteiger partial charge in [-0.15, -0.1) is 0 Å². The molecule has 2 N–H and O–H groups in total. The SMILES string of the molecule is O=C(NN=Cc1cc2c(cc1Cl)OCO2)/C(=C\c1ccccc1)NC(=O)c1ccccc1. The van der Waals surface area contributed by atoms with E-state index in [-0.39, 0.29) is 12.5 Å². The van der Waals surface area contributed by atoms with Crippen molar-refractivity contribution in [3.8, 4) is 11.5 Å².